The van der Waals surface area contributed by atoms with Gasteiger partial charge in [0.1, 0.15) is 0 Å². The van der Waals surface area contributed by atoms with Gasteiger partial charge >= 0.3 is 35.6 Å². The number of rotatable bonds is 3. The second kappa shape index (κ2) is 15.4. The molecule has 0 atom stereocenters. The minimum absolute atomic E-state index is 0. The Bertz CT molecular complexity index is 206. The molecule has 0 aromatic heterocycles. The molecule has 1 aliphatic carbocycles. The van der Waals surface area contributed by atoms with Gasteiger partial charge in [-0.1, -0.05) is 73.6 Å². The number of halogens is 2. The molecular weight excluding hydrogens is 344 g/mol. The monoisotopic (exact) mass is 377 g/mol. The predicted molar refractivity (Wildman–Crippen MR) is 96.9 cm³/mol. The molecule has 0 saturated heterocycles. The molecule has 0 bridgehead atoms. The van der Waals surface area contributed by atoms with Crippen LogP contribution in [0.15, 0.2) is 0 Å². The van der Waals surface area contributed by atoms with E-state index in [0.29, 0.717) is 17.0 Å². The second-order valence-corrected chi connectivity index (χ2v) is 13.2. The zero-order chi connectivity index (χ0) is 15.5. The molecule has 0 radical (unpaired) electrons. The van der Waals surface area contributed by atoms with Gasteiger partial charge in [-0.05, 0) is 17.0 Å². The Balaban J connectivity index is -0.000000266. The molecule has 20 heavy (non-hydrogen) atoms. The first-order valence-electron chi connectivity index (χ1n) is 7.32. The Hall–Kier alpha value is 1.52. The fourth-order valence-electron chi connectivity index (χ4n) is 2.67. The molecule has 0 heterocycles. The van der Waals surface area contributed by atoms with E-state index in [2.05, 4.69) is 41.5 Å². The SMILES string of the molecule is C1CCCC1.CC(C)P(=[N-])(C(C)C)C(C)C.[CH3-].[Cl][Ti][Cl]. The van der Waals surface area contributed by atoms with Crippen molar-refractivity contribution in [2.75, 3.05) is 0 Å². The van der Waals surface area contributed by atoms with Crippen molar-refractivity contribution in [1.29, 1.82) is 0 Å². The van der Waals surface area contributed by atoms with E-state index in [4.69, 9.17) is 18.6 Å². The Morgan fingerprint density at radius 1 is 0.750 bits per heavy atom. The van der Waals surface area contributed by atoms with Crippen LogP contribution in [0.5, 0.6) is 0 Å². The zero-order valence-electron chi connectivity index (χ0n) is 14.4. The minimum atomic E-state index is -1.69. The second-order valence-electron chi connectivity index (χ2n) is 5.91. The molecule has 1 nitrogen and oxygen atoms in total. The molecule has 0 aliphatic heterocycles. The van der Waals surface area contributed by atoms with Crippen LogP contribution in [0, 0.1) is 7.43 Å². The molecule has 124 valence electrons. The van der Waals surface area contributed by atoms with Crippen molar-refractivity contribution in [3.63, 3.8) is 0 Å². The van der Waals surface area contributed by atoms with Crippen LogP contribution >= 0.6 is 25.7 Å². The van der Waals surface area contributed by atoms with E-state index in [9.17, 15) is 5.16 Å². The molecule has 5 heteroatoms. The third kappa shape index (κ3) is 11.1. The summed E-state index contributed by atoms with van der Waals surface area (Å²) in [5.41, 5.74) is 1.34. The first-order valence-corrected chi connectivity index (χ1v) is 13.6. The third-order valence-corrected chi connectivity index (χ3v) is 8.70. The molecule has 1 rings (SSSR count). The Kier molecular flexibility index (Phi) is 20.4. The van der Waals surface area contributed by atoms with Crippen LogP contribution in [0.4, 0.5) is 0 Å². The number of hydrogen-bond acceptors (Lipinski definition) is 0. The van der Waals surface area contributed by atoms with Crippen molar-refractivity contribution in [3.8, 4) is 0 Å². The Morgan fingerprint density at radius 3 is 0.950 bits per heavy atom. The van der Waals surface area contributed by atoms with E-state index < -0.39 is 24.1 Å². The molecular formula is C15H34Cl2NPTi-2. The maximum absolute atomic E-state index is 10.4. The molecule has 0 unspecified atom stereocenters. The van der Waals surface area contributed by atoms with Crippen LogP contribution in [0.2, 0.25) is 0 Å². The van der Waals surface area contributed by atoms with E-state index >= 15 is 0 Å². The van der Waals surface area contributed by atoms with Gasteiger partial charge in [-0.3, -0.25) is 0 Å². The summed E-state index contributed by atoms with van der Waals surface area (Å²) in [7, 11) is 8.09. The van der Waals surface area contributed by atoms with E-state index in [-0.39, 0.29) is 7.43 Å². The number of nitrogens with zero attached hydrogens (tertiary/aromatic N) is 1. The van der Waals surface area contributed by atoms with E-state index in [0.717, 1.165) is 0 Å². The normalized spacial score (nSPS) is 14.2. The van der Waals surface area contributed by atoms with Crippen molar-refractivity contribution in [2.24, 2.45) is 0 Å². The van der Waals surface area contributed by atoms with E-state index in [1.54, 1.807) is 0 Å². The van der Waals surface area contributed by atoms with Gasteiger partial charge in [0.15, 0.2) is 0 Å². The standard InChI is InChI=1S/C9H21NP.C5H10.CH3.2ClH.Ti/c1-7(2)11(10,8(3)4)9(5)6;1-2-4-5-3-1;;;;/h7-9H,1-6H3;1-5H2;1H3;2*1H;/q-1;;-1;;;+2/p-2. The summed E-state index contributed by atoms with van der Waals surface area (Å²) in [5.74, 6) is 0. The molecule has 0 amide bonds. The van der Waals surface area contributed by atoms with Crippen molar-refractivity contribution < 1.29 is 17.0 Å². The topological polar surface area (TPSA) is 22.3 Å². The van der Waals surface area contributed by atoms with Gasteiger partial charge in [0, 0.05) is 0 Å². The summed E-state index contributed by atoms with van der Waals surface area (Å²) >= 11 is -0.556. The summed E-state index contributed by atoms with van der Waals surface area (Å²) in [5, 5.41) is 10.4. The van der Waals surface area contributed by atoms with Gasteiger partial charge in [0.05, 0.1) is 0 Å². The molecule has 1 fully saturated rings. The van der Waals surface area contributed by atoms with Crippen molar-refractivity contribution in [3.05, 3.63) is 12.6 Å². The van der Waals surface area contributed by atoms with Crippen molar-refractivity contribution in [1.82, 2.24) is 0 Å². The maximum atomic E-state index is 10.4. The molecule has 0 aromatic rings. The van der Waals surface area contributed by atoms with Gasteiger partial charge in [-0.15, -0.1) is 0 Å². The molecule has 0 spiro atoms. The van der Waals surface area contributed by atoms with Gasteiger partial charge in [-0.25, -0.2) is 7.05 Å². The van der Waals surface area contributed by atoms with E-state index in [1.165, 1.54) is 32.1 Å². The van der Waals surface area contributed by atoms with Crippen LogP contribution < -0.4 is 0 Å². The summed E-state index contributed by atoms with van der Waals surface area (Å²) < 4.78 is 0. The Morgan fingerprint density at radius 2 is 0.900 bits per heavy atom. The molecule has 0 N–H and O–H groups in total. The molecule has 1 aliphatic rings. The predicted octanol–water partition coefficient (Wildman–Crippen LogP) is 7.76. The first kappa shape index (κ1) is 26.4. The van der Waals surface area contributed by atoms with Crippen LogP contribution in [0.3, 0.4) is 0 Å². The van der Waals surface area contributed by atoms with Crippen LogP contribution in [0.1, 0.15) is 73.6 Å². The number of hydrogen-bond donors (Lipinski definition) is 0. The van der Waals surface area contributed by atoms with Crippen molar-refractivity contribution >= 4 is 25.7 Å². The van der Waals surface area contributed by atoms with Gasteiger partial charge in [0.2, 0.25) is 0 Å². The summed E-state index contributed by atoms with van der Waals surface area (Å²) in [6.07, 6.45) is 7.50. The van der Waals surface area contributed by atoms with Crippen LogP contribution in [0.25, 0.3) is 5.16 Å². The molecule has 1 saturated carbocycles. The van der Waals surface area contributed by atoms with Crippen molar-refractivity contribution in [2.45, 2.75) is 90.6 Å². The fraction of sp³-hybridized carbons (Fsp3) is 0.933. The quantitative estimate of drug-likeness (QED) is 0.272. The van der Waals surface area contributed by atoms with Gasteiger partial charge in [-0.2, -0.15) is 0 Å². The van der Waals surface area contributed by atoms with Gasteiger partial charge in [0.25, 0.3) is 0 Å². The summed E-state index contributed by atoms with van der Waals surface area (Å²) in [6.45, 7) is 12.8. The van der Waals surface area contributed by atoms with Gasteiger partial charge < -0.3 is 12.6 Å². The summed E-state index contributed by atoms with van der Waals surface area (Å²) in [6, 6.07) is 0. The Labute approximate surface area is 145 Å². The zero-order valence-corrected chi connectivity index (χ0v) is 18.4. The van der Waals surface area contributed by atoms with Crippen LogP contribution in [-0.4, -0.2) is 17.0 Å². The average molecular weight is 378 g/mol. The summed E-state index contributed by atoms with van der Waals surface area (Å²) in [4.78, 5) is 0. The third-order valence-electron chi connectivity index (χ3n) is 3.73. The van der Waals surface area contributed by atoms with E-state index in [1.807, 2.05) is 0 Å². The average Bonchev–Trinajstić information content (AvgIpc) is 2.86. The first-order chi connectivity index (χ1) is 8.74. The molecule has 0 aromatic carbocycles. The van der Waals surface area contributed by atoms with Crippen LogP contribution in [-0.2, 0) is 17.0 Å². The fourth-order valence-corrected chi connectivity index (χ4v) is 6.25.